The quantitative estimate of drug-likeness (QED) is 0.274. The number of guanidine groups is 1. The Balaban J connectivity index is 2.23. The van der Waals surface area contributed by atoms with E-state index in [1.54, 1.807) is 27.7 Å². The summed E-state index contributed by atoms with van der Waals surface area (Å²) in [6.07, 6.45) is -0.284. The summed E-state index contributed by atoms with van der Waals surface area (Å²) in [5, 5.41) is 19.7. The summed E-state index contributed by atoms with van der Waals surface area (Å²) in [6, 6.07) is -1.29. The topological polar surface area (TPSA) is 172 Å². The highest BCUT2D eigenvalue weighted by Gasteiger charge is 2.48. The minimum atomic E-state index is -4.18. The lowest BCUT2D eigenvalue weighted by atomic mass is 9.79. The smallest absolute Gasteiger partial charge is 0.408 e. The largest absolute Gasteiger partial charge is 0.492 e. The monoisotopic (exact) mass is 528 g/mol. The number of nitrogens with zero attached hydrogens (tertiary/aromatic N) is 1. The molecule has 3 unspecified atom stereocenters. The van der Waals surface area contributed by atoms with Crippen molar-refractivity contribution in [2.75, 3.05) is 6.54 Å². The van der Waals surface area contributed by atoms with Crippen LogP contribution >= 0.6 is 0 Å². The van der Waals surface area contributed by atoms with Gasteiger partial charge in [-0.3, -0.25) is 5.41 Å². The molecule has 0 radical (unpaired) electrons. The molecule has 1 amide bonds. The zero-order valence-corrected chi connectivity index (χ0v) is 23.2. The summed E-state index contributed by atoms with van der Waals surface area (Å²) < 4.78 is 39.6. The molecule has 5 N–H and O–H groups in total. The highest BCUT2D eigenvalue weighted by atomic mass is 32.2. The maximum Gasteiger partial charge on any atom is 0.408 e. The van der Waals surface area contributed by atoms with Crippen LogP contribution in [0.2, 0.25) is 0 Å². The van der Waals surface area contributed by atoms with Gasteiger partial charge in [0.15, 0.2) is 0 Å². The number of carbonyl (C=O) groups excluding carboxylic acids is 1. The first-order chi connectivity index (χ1) is 16.3. The number of aliphatic carboxylic acids is 1. The number of fused-ring (bicyclic) bond motifs is 1. The number of nitrogens with two attached hydrogens (primary N) is 1. The van der Waals surface area contributed by atoms with E-state index in [4.69, 9.17) is 20.6 Å². The lowest BCUT2D eigenvalue weighted by molar-refractivity contribution is -0.139. The second-order valence-corrected chi connectivity index (χ2v) is 12.9. The molecule has 36 heavy (non-hydrogen) atoms. The van der Waals surface area contributed by atoms with E-state index in [9.17, 15) is 23.1 Å². The van der Waals surface area contributed by atoms with Crippen LogP contribution in [0.4, 0.5) is 4.79 Å². The molecule has 1 saturated heterocycles. The molecule has 2 aliphatic rings. The van der Waals surface area contributed by atoms with Gasteiger partial charge >= 0.3 is 12.1 Å². The Morgan fingerprint density at radius 2 is 1.89 bits per heavy atom. The van der Waals surface area contributed by atoms with Crippen molar-refractivity contribution in [1.82, 2.24) is 9.62 Å². The fourth-order valence-electron chi connectivity index (χ4n) is 4.75. The molecule has 1 aliphatic heterocycles. The van der Waals surface area contributed by atoms with Crippen molar-refractivity contribution < 1.29 is 32.6 Å². The average molecular weight is 529 g/mol. The van der Waals surface area contributed by atoms with Gasteiger partial charge < -0.3 is 25.6 Å². The molecular formula is C24H40N4O7S. The molecule has 1 fully saturated rings. The summed E-state index contributed by atoms with van der Waals surface area (Å²) >= 11 is 0. The van der Waals surface area contributed by atoms with Crippen molar-refractivity contribution in [3.05, 3.63) is 21.8 Å². The lowest BCUT2D eigenvalue weighted by Gasteiger charge is -2.33. The van der Waals surface area contributed by atoms with E-state index < -0.39 is 51.2 Å². The van der Waals surface area contributed by atoms with E-state index in [-0.39, 0.29) is 30.2 Å². The Labute approximate surface area is 213 Å². The van der Waals surface area contributed by atoms with Crippen molar-refractivity contribution in [3.8, 4) is 0 Å². The van der Waals surface area contributed by atoms with E-state index >= 15 is 0 Å². The number of hydrogen-bond donors (Lipinski definition) is 4. The number of carboxylic acid groups (broad SMARTS) is 1. The summed E-state index contributed by atoms with van der Waals surface area (Å²) in [7, 11) is -4.18. The van der Waals surface area contributed by atoms with Crippen molar-refractivity contribution >= 4 is 28.0 Å². The second-order valence-electron chi connectivity index (χ2n) is 11.1. The van der Waals surface area contributed by atoms with Crippen molar-refractivity contribution in [2.24, 2.45) is 17.6 Å². The van der Waals surface area contributed by atoms with Crippen LogP contribution in [0.15, 0.2) is 21.8 Å². The number of allylic oxidation sites excluding steroid dienone is 4. The van der Waals surface area contributed by atoms with Crippen molar-refractivity contribution in [1.29, 1.82) is 5.41 Å². The van der Waals surface area contributed by atoms with Crippen LogP contribution in [-0.4, -0.2) is 59.6 Å². The van der Waals surface area contributed by atoms with Crippen LogP contribution in [0.5, 0.6) is 0 Å². The van der Waals surface area contributed by atoms with E-state index in [1.165, 1.54) is 0 Å². The Morgan fingerprint density at radius 3 is 2.39 bits per heavy atom. The maximum absolute atomic E-state index is 13.8. The predicted molar refractivity (Wildman–Crippen MR) is 135 cm³/mol. The number of amides is 1. The molecule has 12 heteroatoms. The van der Waals surface area contributed by atoms with E-state index in [0.29, 0.717) is 12.0 Å². The summed E-state index contributed by atoms with van der Waals surface area (Å²) in [5.74, 6) is -1.65. The van der Waals surface area contributed by atoms with Gasteiger partial charge in [-0.25, -0.2) is 22.3 Å². The molecule has 0 aromatic rings. The molecule has 1 heterocycles. The van der Waals surface area contributed by atoms with Gasteiger partial charge in [-0.05, 0) is 78.9 Å². The number of rotatable bonds is 8. The first kappa shape index (κ1) is 29.5. The number of sulfonamides is 1. The van der Waals surface area contributed by atoms with Gasteiger partial charge in [-0.1, -0.05) is 6.92 Å². The van der Waals surface area contributed by atoms with Crippen LogP contribution < -0.4 is 11.1 Å². The first-order valence-electron chi connectivity index (χ1n) is 12.0. The van der Waals surface area contributed by atoms with Gasteiger partial charge in [0.2, 0.25) is 5.96 Å². The van der Waals surface area contributed by atoms with E-state index in [1.807, 2.05) is 27.7 Å². The molecule has 204 valence electrons. The number of carbonyl (C=O) groups is 2. The Kier molecular flexibility index (Phi) is 8.44. The fraction of sp³-hybridized carbons (Fsp3) is 0.708. The highest BCUT2D eigenvalue weighted by Crippen LogP contribution is 2.51. The van der Waals surface area contributed by atoms with Crippen LogP contribution in [0.3, 0.4) is 0 Å². The van der Waals surface area contributed by atoms with Crippen molar-refractivity contribution in [3.63, 3.8) is 0 Å². The van der Waals surface area contributed by atoms with Crippen LogP contribution in [0.1, 0.15) is 74.7 Å². The number of alkyl carbamates (subject to hydrolysis) is 1. The minimum Gasteiger partial charge on any atom is -0.492 e. The van der Waals surface area contributed by atoms with Crippen molar-refractivity contribution in [2.45, 2.75) is 91.9 Å². The highest BCUT2D eigenvalue weighted by molar-refractivity contribution is 7.93. The van der Waals surface area contributed by atoms with E-state index in [2.05, 4.69) is 5.32 Å². The second kappa shape index (κ2) is 10.3. The SMILES string of the molecule is CC1=C2OC(C)(C)CC2C(C)C(S(=O)(=O)N(CCCC(NC(=O)OC(C)(C)C)C(=O)O)C(=N)N)=C1C. The van der Waals surface area contributed by atoms with Crippen LogP contribution in [-0.2, 0) is 24.3 Å². The van der Waals surface area contributed by atoms with Crippen LogP contribution in [0.25, 0.3) is 0 Å². The zero-order chi connectivity index (χ0) is 27.8. The van der Waals surface area contributed by atoms with Gasteiger partial charge in [0.05, 0.1) is 4.91 Å². The van der Waals surface area contributed by atoms with Gasteiger partial charge in [-0.15, -0.1) is 0 Å². The summed E-state index contributed by atoms with van der Waals surface area (Å²) in [5.41, 5.74) is 5.80. The summed E-state index contributed by atoms with van der Waals surface area (Å²) in [6.45, 7) is 14.1. The number of ether oxygens (including phenoxy) is 2. The minimum absolute atomic E-state index is 0.0337. The molecule has 1 aliphatic carbocycles. The summed E-state index contributed by atoms with van der Waals surface area (Å²) in [4.78, 5) is 23.8. The Bertz CT molecular complexity index is 1090. The molecular weight excluding hydrogens is 488 g/mol. The first-order valence-corrected chi connectivity index (χ1v) is 13.4. The van der Waals surface area contributed by atoms with Crippen LogP contribution in [0, 0.1) is 17.2 Å². The molecule has 3 atom stereocenters. The normalized spacial score (nSPS) is 22.4. The average Bonchev–Trinajstić information content (AvgIpc) is 3.02. The van der Waals surface area contributed by atoms with E-state index in [0.717, 1.165) is 15.6 Å². The molecule has 0 bridgehead atoms. The third-order valence-corrected chi connectivity index (χ3v) is 8.63. The molecule has 0 saturated carbocycles. The maximum atomic E-state index is 13.8. The zero-order valence-electron chi connectivity index (χ0n) is 22.4. The third-order valence-electron chi connectivity index (χ3n) is 6.43. The standard InChI is InChI=1S/C24H40N4O7S/c1-13-14(2)19(15(3)16-12-24(7,8)34-18(13)16)36(32,33)28(21(25)26)11-9-10-17(20(29)30)27-22(31)35-23(4,5)6/h15-17H,9-12H2,1-8H3,(H3,25,26)(H,27,31)(H,29,30). The van der Waals surface area contributed by atoms with Gasteiger partial charge in [0.25, 0.3) is 10.0 Å². The molecule has 0 spiro atoms. The van der Waals surface area contributed by atoms with Gasteiger partial charge in [0.1, 0.15) is 23.0 Å². The third kappa shape index (κ3) is 6.51. The fourth-order valence-corrected chi connectivity index (χ4v) is 6.79. The van der Waals surface area contributed by atoms with Gasteiger partial charge in [0, 0.05) is 18.4 Å². The number of carboxylic acids is 1. The molecule has 2 rings (SSSR count). The lowest BCUT2D eigenvalue weighted by Crippen LogP contribution is -2.46. The molecule has 0 aromatic carbocycles. The Morgan fingerprint density at radius 1 is 1.31 bits per heavy atom. The molecule has 11 nitrogen and oxygen atoms in total. The Hall–Kier alpha value is -2.76. The number of nitrogens with one attached hydrogen (secondary N) is 2. The molecule has 0 aromatic heterocycles. The predicted octanol–water partition coefficient (Wildman–Crippen LogP) is 3.28. The van der Waals surface area contributed by atoms with Gasteiger partial charge in [-0.2, -0.15) is 0 Å². The number of hydrogen-bond acceptors (Lipinski definition) is 7.